The molecule has 158 valence electrons. The summed E-state index contributed by atoms with van der Waals surface area (Å²) in [6, 6.07) is 14.9. The Hall–Kier alpha value is -2.95. The van der Waals surface area contributed by atoms with Crippen molar-refractivity contribution in [2.75, 3.05) is 6.54 Å². The summed E-state index contributed by atoms with van der Waals surface area (Å²) in [6.07, 6.45) is 3.21. The zero-order valence-corrected chi connectivity index (χ0v) is 18.4. The summed E-state index contributed by atoms with van der Waals surface area (Å²) in [5.74, 6) is 0.714. The van der Waals surface area contributed by atoms with Gasteiger partial charge in [0.05, 0.1) is 22.6 Å². The molecule has 0 radical (unpaired) electrons. The molecule has 0 spiro atoms. The highest BCUT2D eigenvalue weighted by Gasteiger charge is 2.26. The van der Waals surface area contributed by atoms with Crippen LogP contribution in [0.2, 0.25) is 0 Å². The average molecular weight is 406 g/mol. The van der Waals surface area contributed by atoms with E-state index in [1.807, 2.05) is 74.2 Å². The molecule has 30 heavy (non-hydrogen) atoms. The van der Waals surface area contributed by atoms with Crippen molar-refractivity contribution >= 4 is 16.8 Å². The van der Waals surface area contributed by atoms with Crippen molar-refractivity contribution in [3.05, 3.63) is 70.3 Å². The van der Waals surface area contributed by atoms with Crippen LogP contribution in [-0.4, -0.2) is 26.9 Å². The third kappa shape index (κ3) is 4.30. The SMILES string of the molecule is CCCCN(C(=O)CCC)C(C)c1nc2ccccc2c(=O)n1-c1ccccc1C. The van der Waals surface area contributed by atoms with Gasteiger partial charge in [0.2, 0.25) is 5.91 Å². The van der Waals surface area contributed by atoms with Gasteiger partial charge in [0, 0.05) is 13.0 Å². The number of fused-ring (bicyclic) bond motifs is 1. The predicted octanol–water partition coefficient (Wildman–Crippen LogP) is 5.18. The summed E-state index contributed by atoms with van der Waals surface area (Å²) in [6.45, 7) is 8.76. The van der Waals surface area contributed by atoms with Crippen LogP contribution < -0.4 is 5.56 Å². The Kier molecular flexibility index (Phi) is 7.03. The summed E-state index contributed by atoms with van der Waals surface area (Å²) in [5.41, 5.74) is 2.36. The van der Waals surface area contributed by atoms with Crippen molar-refractivity contribution in [3.63, 3.8) is 0 Å². The van der Waals surface area contributed by atoms with E-state index >= 15 is 0 Å². The molecule has 1 aromatic heterocycles. The lowest BCUT2D eigenvalue weighted by Crippen LogP contribution is -2.38. The highest BCUT2D eigenvalue weighted by molar-refractivity contribution is 5.79. The highest BCUT2D eigenvalue weighted by atomic mass is 16.2. The highest BCUT2D eigenvalue weighted by Crippen LogP contribution is 2.25. The quantitative estimate of drug-likeness (QED) is 0.519. The predicted molar refractivity (Wildman–Crippen MR) is 122 cm³/mol. The summed E-state index contributed by atoms with van der Waals surface area (Å²) in [5, 5.41) is 0.580. The van der Waals surface area contributed by atoms with Crippen LogP contribution >= 0.6 is 0 Å². The zero-order chi connectivity index (χ0) is 21.7. The van der Waals surface area contributed by atoms with Crippen LogP contribution in [0.15, 0.2) is 53.3 Å². The first-order valence-electron chi connectivity index (χ1n) is 10.9. The largest absolute Gasteiger partial charge is 0.333 e. The number of carbonyl (C=O) groups excluding carboxylic acids is 1. The minimum Gasteiger partial charge on any atom is -0.333 e. The smallest absolute Gasteiger partial charge is 0.266 e. The van der Waals surface area contributed by atoms with Gasteiger partial charge in [0.25, 0.3) is 5.56 Å². The van der Waals surface area contributed by atoms with Gasteiger partial charge in [0.15, 0.2) is 0 Å². The van der Waals surface area contributed by atoms with Crippen LogP contribution in [0, 0.1) is 6.92 Å². The van der Waals surface area contributed by atoms with Gasteiger partial charge in [-0.2, -0.15) is 0 Å². The maximum Gasteiger partial charge on any atom is 0.266 e. The number of hydrogen-bond acceptors (Lipinski definition) is 3. The second kappa shape index (κ2) is 9.70. The van der Waals surface area contributed by atoms with Crippen LogP contribution in [-0.2, 0) is 4.79 Å². The molecular formula is C25H31N3O2. The van der Waals surface area contributed by atoms with Crippen molar-refractivity contribution in [2.24, 2.45) is 0 Å². The average Bonchev–Trinajstić information content (AvgIpc) is 2.75. The second-order valence-corrected chi connectivity index (χ2v) is 7.78. The fourth-order valence-corrected chi connectivity index (χ4v) is 3.84. The van der Waals surface area contributed by atoms with Crippen LogP contribution in [0.5, 0.6) is 0 Å². The molecule has 0 aliphatic heterocycles. The van der Waals surface area contributed by atoms with Crippen molar-refractivity contribution in [1.82, 2.24) is 14.5 Å². The van der Waals surface area contributed by atoms with Gasteiger partial charge >= 0.3 is 0 Å². The molecule has 0 saturated carbocycles. The molecule has 1 amide bonds. The number of unbranched alkanes of at least 4 members (excludes halogenated alkanes) is 1. The molecule has 0 aliphatic rings. The van der Waals surface area contributed by atoms with Gasteiger partial charge in [-0.3, -0.25) is 14.2 Å². The first kappa shape index (κ1) is 21.8. The Labute approximate surface area is 178 Å². The molecule has 3 rings (SSSR count). The number of carbonyl (C=O) groups is 1. The molecule has 5 nitrogen and oxygen atoms in total. The lowest BCUT2D eigenvalue weighted by Gasteiger charge is -2.31. The lowest BCUT2D eigenvalue weighted by atomic mass is 10.1. The van der Waals surface area contributed by atoms with E-state index in [2.05, 4.69) is 6.92 Å². The van der Waals surface area contributed by atoms with Crippen molar-refractivity contribution in [2.45, 2.75) is 59.4 Å². The molecule has 5 heteroatoms. The topological polar surface area (TPSA) is 55.2 Å². The second-order valence-electron chi connectivity index (χ2n) is 7.78. The van der Waals surface area contributed by atoms with Gasteiger partial charge in [-0.1, -0.05) is 50.6 Å². The number of para-hydroxylation sites is 2. The van der Waals surface area contributed by atoms with Crippen molar-refractivity contribution < 1.29 is 4.79 Å². The Morgan fingerprint density at radius 1 is 1.07 bits per heavy atom. The van der Waals surface area contributed by atoms with E-state index in [4.69, 9.17) is 4.98 Å². The van der Waals surface area contributed by atoms with E-state index in [9.17, 15) is 9.59 Å². The molecule has 0 fully saturated rings. The fraction of sp³-hybridized carbons (Fsp3) is 0.400. The van der Waals surface area contributed by atoms with Gasteiger partial charge in [-0.15, -0.1) is 0 Å². The Morgan fingerprint density at radius 2 is 1.77 bits per heavy atom. The van der Waals surface area contributed by atoms with Crippen molar-refractivity contribution in [3.8, 4) is 5.69 Å². The lowest BCUT2D eigenvalue weighted by molar-refractivity contribution is -0.133. The monoisotopic (exact) mass is 405 g/mol. The van der Waals surface area contributed by atoms with Crippen LogP contribution in [0.4, 0.5) is 0 Å². The summed E-state index contributed by atoms with van der Waals surface area (Å²) < 4.78 is 1.69. The number of rotatable bonds is 8. The molecule has 1 atom stereocenters. The molecule has 0 N–H and O–H groups in total. The normalized spacial score (nSPS) is 12.1. The summed E-state index contributed by atoms with van der Waals surface area (Å²) in [4.78, 5) is 33.3. The van der Waals surface area contributed by atoms with Gasteiger partial charge in [-0.05, 0) is 50.5 Å². The zero-order valence-electron chi connectivity index (χ0n) is 18.4. The van der Waals surface area contributed by atoms with E-state index in [0.29, 0.717) is 29.7 Å². The molecular weight excluding hydrogens is 374 g/mol. The molecule has 2 aromatic carbocycles. The molecule has 0 saturated heterocycles. The fourth-order valence-electron chi connectivity index (χ4n) is 3.84. The number of aromatic nitrogens is 2. The first-order chi connectivity index (χ1) is 14.5. The molecule has 0 bridgehead atoms. The standard InChI is InChI=1S/C25H31N3O2/c1-5-7-17-27(23(29)12-6-2)19(4)24-26-21-15-10-9-14-20(21)25(30)28(24)22-16-11-8-13-18(22)3/h8-11,13-16,19H,5-7,12,17H2,1-4H3. The summed E-state index contributed by atoms with van der Waals surface area (Å²) >= 11 is 0. The van der Waals surface area contributed by atoms with Crippen LogP contribution in [0.3, 0.4) is 0 Å². The summed E-state index contributed by atoms with van der Waals surface area (Å²) in [7, 11) is 0. The van der Waals surface area contributed by atoms with Gasteiger partial charge in [-0.25, -0.2) is 4.98 Å². The van der Waals surface area contributed by atoms with E-state index in [-0.39, 0.29) is 17.5 Å². The first-order valence-corrected chi connectivity index (χ1v) is 10.9. The minimum absolute atomic E-state index is 0.102. The molecule has 0 aliphatic carbocycles. The number of amides is 1. The maximum absolute atomic E-state index is 13.6. The maximum atomic E-state index is 13.6. The third-order valence-corrected chi connectivity index (χ3v) is 5.54. The Morgan fingerprint density at radius 3 is 2.47 bits per heavy atom. The Bertz CT molecular complexity index is 1090. The number of nitrogens with zero attached hydrogens (tertiary/aromatic N) is 3. The van der Waals surface area contributed by atoms with E-state index in [1.54, 1.807) is 4.57 Å². The molecule has 3 aromatic rings. The number of aryl methyl sites for hydroxylation is 1. The van der Waals surface area contributed by atoms with Crippen LogP contribution in [0.1, 0.15) is 63.9 Å². The molecule has 1 heterocycles. The van der Waals surface area contributed by atoms with Gasteiger partial charge in [0.1, 0.15) is 5.82 Å². The minimum atomic E-state index is -0.312. The molecule has 1 unspecified atom stereocenters. The van der Waals surface area contributed by atoms with Gasteiger partial charge < -0.3 is 4.90 Å². The van der Waals surface area contributed by atoms with E-state index < -0.39 is 0 Å². The van der Waals surface area contributed by atoms with E-state index in [0.717, 1.165) is 30.5 Å². The van der Waals surface area contributed by atoms with E-state index in [1.165, 1.54) is 0 Å². The van der Waals surface area contributed by atoms with Crippen molar-refractivity contribution in [1.29, 1.82) is 0 Å². The Balaban J connectivity index is 2.25. The van der Waals surface area contributed by atoms with Crippen LogP contribution in [0.25, 0.3) is 16.6 Å². The number of hydrogen-bond donors (Lipinski definition) is 0. The third-order valence-electron chi connectivity index (χ3n) is 5.54. The number of benzene rings is 2.